The van der Waals surface area contributed by atoms with Crippen molar-refractivity contribution >= 4 is 11.7 Å². The van der Waals surface area contributed by atoms with Gasteiger partial charge in [-0.1, -0.05) is 0 Å². The molecule has 0 saturated carbocycles. The lowest BCUT2D eigenvalue weighted by Gasteiger charge is -2.09. The second kappa shape index (κ2) is 6.25. The molecule has 2 aromatic rings. The van der Waals surface area contributed by atoms with Crippen LogP contribution in [0.5, 0.6) is 5.75 Å². The molecule has 22 heavy (non-hydrogen) atoms. The molecular formula is C14H14N2O6. The number of nitrogens with zero attached hydrogens (tertiary/aromatic N) is 2. The first kappa shape index (κ1) is 15.5. The van der Waals surface area contributed by atoms with Crippen molar-refractivity contribution in [3.63, 3.8) is 0 Å². The van der Waals surface area contributed by atoms with E-state index in [1.807, 2.05) is 0 Å². The highest BCUT2D eigenvalue weighted by molar-refractivity contribution is 5.88. The first-order valence-electron chi connectivity index (χ1n) is 6.33. The van der Waals surface area contributed by atoms with Crippen molar-refractivity contribution in [2.45, 2.75) is 20.5 Å². The van der Waals surface area contributed by atoms with Crippen molar-refractivity contribution in [3.8, 4) is 5.75 Å². The molecule has 0 fully saturated rings. The maximum atomic E-state index is 11.3. The molecule has 2 heterocycles. The van der Waals surface area contributed by atoms with Gasteiger partial charge in [-0.3, -0.25) is 15.1 Å². The summed E-state index contributed by atoms with van der Waals surface area (Å²) in [6.07, 6.45) is 2.39. The largest absolute Gasteiger partial charge is 0.478 e. The molecule has 0 aliphatic rings. The Morgan fingerprint density at radius 2 is 2.18 bits per heavy atom. The molecule has 0 aromatic carbocycles. The van der Waals surface area contributed by atoms with Crippen molar-refractivity contribution in [1.82, 2.24) is 4.98 Å². The van der Waals surface area contributed by atoms with Crippen molar-refractivity contribution < 1.29 is 23.6 Å². The molecule has 0 aliphatic carbocycles. The molecule has 0 bridgehead atoms. The summed E-state index contributed by atoms with van der Waals surface area (Å²) in [5.41, 5.74) is 1.24. The number of rotatable bonds is 5. The fourth-order valence-corrected chi connectivity index (χ4v) is 1.81. The monoisotopic (exact) mass is 306 g/mol. The third-order valence-electron chi connectivity index (χ3n) is 3.13. The van der Waals surface area contributed by atoms with Crippen LogP contribution in [0.4, 0.5) is 5.69 Å². The maximum absolute atomic E-state index is 11.3. The highest BCUT2D eigenvalue weighted by Crippen LogP contribution is 2.31. The van der Waals surface area contributed by atoms with Crippen LogP contribution in [0.3, 0.4) is 0 Å². The Morgan fingerprint density at radius 3 is 2.82 bits per heavy atom. The lowest BCUT2D eigenvalue weighted by atomic mass is 10.2. The van der Waals surface area contributed by atoms with E-state index in [2.05, 4.69) is 9.72 Å². The first-order valence-corrected chi connectivity index (χ1v) is 6.33. The van der Waals surface area contributed by atoms with Crippen LogP contribution < -0.4 is 4.74 Å². The van der Waals surface area contributed by atoms with E-state index >= 15 is 0 Å². The number of esters is 1. The van der Waals surface area contributed by atoms with Crippen LogP contribution in [0.1, 0.15) is 27.4 Å². The third kappa shape index (κ3) is 3.05. The van der Waals surface area contributed by atoms with E-state index in [9.17, 15) is 14.9 Å². The van der Waals surface area contributed by atoms with Crippen molar-refractivity contribution in [3.05, 3.63) is 51.2 Å². The zero-order chi connectivity index (χ0) is 16.3. The van der Waals surface area contributed by atoms with Crippen LogP contribution in [0.15, 0.2) is 22.9 Å². The number of carbonyl (C=O) groups is 1. The normalized spacial score (nSPS) is 10.3. The number of pyridine rings is 1. The fourth-order valence-electron chi connectivity index (χ4n) is 1.81. The minimum Gasteiger partial charge on any atom is -0.478 e. The third-order valence-corrected chi connectivity index (χ3v) is 3.13. The molecule has 2 rings (SSSR count). The predicted octanol–water partition coefficient (Wildman–Crippen LogP) is 2.57. The van der Waals surface area contributed by atoms with Gasteiger partial charge in [-0.2, -0.15) is 0 Å². The lowest BCUT2D eigenvalue weighted by molar-refractivity contribution is -0.386. The molecule has 8 nitrogen and oxygen atoms in total. The second-order valence-electron chi connectivity index (χ2n) is 4.52. The molecule has 0 atom stereocenters. The Labute approximate surface area is 125 Å². The van der Waals surface area contributed by atoms with Gasteiger partial charge in [0, 0.05) is 11.3 Å². The summed E-state index contributed by atoms with van der Waals surface area (Å²) < 4.78 is 15.2. The summed E-state index contributed by atoms with van der Waals surface area (Å²) in [6, 6.07) is 1.46. The Balaban J connectivity index is 2.21. The van der Waals surface area contributed by atoms with Crippen LogP contribution in [0.2, 0.25) is 0 Å². The highest BCUT2D eigenvalue weighted by atomic mass is 16.6. The van der Waals surface area contributed by atoms with E-state index in [0.29, 0.717) is 17.0 Å². The van der Waals surface area contributed by atoms with E-state index in [-0.39, 0.29) is 23.6 Å². The molecule has 0 radical (unpaired) electrons. The SMILES string of the molecule is COC(=O)c1coc(COc2c([N+](=O)[O-])cnc(C)c2C)c1. The molecule has 8 heteroatoms. The minimum atomic E-state index is -0.559. The summed E-state index contributed by atoms with van der Waals surface area (Å²) in [5.74, 6) is -0.0472. The Hall–Kier alpha value is -2.90. The van der Waals surface area contributed by atoms with E-state index < -0.39 is 10.9 Å². The van der Waals surface area contributed by atoms with Crippen LogP contribution in [-0.2, 0) is 11.3 Å². The Bertz CT molecular complexity index is 722. The van der Waals surface area contributed by atoms with Crippen molar-refractivity contribution in [2.24, 2.45) is 0 Å². The number of ether oxygens (including phenoxy) is 2. The lowest BCUT2D eigenvalue weighted by Crippen LogP contribution is -2.03. The van der Waals surface area contributed by atoms with E-state index in [1.165, 1.54) is 19.4 Å². The highest BCUT2D eigenvalue weighted by Gasteiger charge is 2.21. The van der Waals surface area contributed by atoms with Crippen LogP contribution in [0.25, 0.3) is 0 Å². The van der Waals surface area contributed by atoms with Gasteiger partial charge >= 0.3 is 11.7 Å². The summed E-state index contributed by atoms with van der Waals surface area (Å²) in [6.45, 7) is 3.36. The van der Waals surface area contributed by atoms with E-state index in [0.717, 1.165) is 6.20 Å². The summed E-state index contributed by atoms with van der Waals surface area (Å²) in [4.78, 5) is 25.7. The maximum Gasteiger partial charge on any atom is 0.341 e. The van der Waals surface area contributed by atoms with Gasteiger partial charge < -0.3 is 13.9 Å². The number of hydrogen-bond donors (Lipinski definition) is 0. The molecular weight excluding hydrogens is 292 g/mol. The fraction of sp³-hybridized carbons (Fsp3) is 0.286. The predicted molar refractivity (Wildman–Crippen MR) is 74.7 cm³/mol. The number of hydrogen-bond acceptors (Lipinski definition) is 7. The summed E-state index contributed by atoms with van der Waals surface area (Å²) >= 11 is 0. The van der Waals surface area contributed by atoms with Gasteiger partial charge in [-0.25, -0.2) is 4.79 Å². The molecule has 0 amide bonds. The number of furan rings is 1. The standard InChI is InChI=1S/C14H14N2O6/c1-8-9(2)15-5-12(16(18)19)13(8)22-7-11-4-10(6-21-11)14(17)20-3/h4-6H,7H2,1-3H3. The molecule has 0 unspecified atom stereocenters. The Morgan fingerprint density at radius 1 is 1.45 bits per heavy atom. The van der Waals surface area contributed by atoms with E-state index in [4.69, 9.17) is 9.15 Å². The topological polar surface area (TPSA) is 105 Å². The van der Waals surface area contributed by atoms with Crippen molar-refractivity contribution in [2.75, 3.05) is 7.11 Å². The Kier molecular flexibility index (Phi) is 4.40. The van der Waals surface area contributed by atoms with Gasteiger partial charge in [0.05, 0.1) is 17.6 Å². The smallest absolute Gasteiger partial charge is 0.341 e. The van der Waals surface area contributed by atoms with Gasteiger partial charge in [-0.15, -0.1) is 0 Å². The molecule has 116 valence electrons. The quantitative estimate of drug-likeness (QED) is 0.475. The molecule has 0 saturated heterocycles. The van der Waals surface area contributed by atoms with Crippen molar-refractivity contribution in [1.29, 1.82) is 0 Å². The first-order chi connectivity index (χ1) is 10.4. The van der Waals surface area contributed by atoms with Gasteiger partial charge in [0.15, 0.2) is 0 Å². The van der Waals surface area contributed by atoms with Gasteiger partial charge in [-0.05, 0) is 19.9 Å². The number of aromatic nitrogens is 1. The molecule has 2 aromatic heterocycles. The molecule has 0 spiro atoms. The van der Waals surface area contributed by atoms with Gasteiger partial charge in [0.2, 0.25) is 5.75 Å². The van der Waals surface area contributed by atoms with Gasteiger partial charge in [0.1, 0.15) is 24.8 Å². The summed E-state index contributed by atoms with van der Waals surface area (Å²) in [7, 11) is 1.26. The van der Waals surface area contributed by atoms with Gasteiger partial charge in [0.25, 0.3) is 0 Å². The number of nitro groups is 1. The van der Waals surface area contributed by atoms with E-state index in [1.54, 1.807) is 13.8 Å². The number of methoxy groups -OCH3 is 1. The zero-order valence-corrected chi connectivity index (χ0v) is 12.3. The zero-order valence-electron chi connectivity index (χ0n) is 12.3. The average molecular weight is 306 g/mol. The molecule has 0 N–H and O–H groups in total. The van der Waals surface area contributed by atoms with Crippen LogP contribution in [0, 0.1) is 24.0 Å². The average Bonchev–Trinajstić information content (AvgIpc) is 2.96. The molecule has 0 aliphatic heterocycles. The number of aryl methyl sites for hydroxylation is 1. The van der Waals surface area contributed by atoms with Crippen LogP contribution >= 0.6 is 0 Å². The summed E-state index contributed by atoms with van der Waals surface area (Å²) in [5, 5.41) is 11.0. The van der Waals surface area contributed by atoms with Crippen LogP contribution in [-0.4, -0.2) is 23.0 Å². The number of carbonyl (C=O) groups excluding carboxylic acids is 1. The second-order valence-corrected chi connectivity index (χ2v) is 4.52. The minimum absolute atomic E-state index is 0.0534.